The summed E-state index contributed by atoms with van der Waals surface area (Å²) in [6.07, 6.45) is 2.24. The average molecular weight is 439 g/mol. The normalized spacial score (nSPS) is 11.8. The number of fused-ring (bicyclic) bond motifs is 1. The molecule has 1 aromatic heterocycles. The predicted octanol–water partition coefficient (Wildman–Crippen LogP) is 4.68. The molecule has 2 aromatic carbocycles. The van der Waals surface area contributed by atoms with E-state index in [9.17, 15) is 9.35 Å². The van der Waals surface area contributed by atoms with Crippen molar-refractivity contribution >= 4 is 28.1 Å². The smallest absolute Gasteiger partial charge is 0.303 e. The molecule has 0 spiro atoms. The summed E-state index contributed by atoms with van der Waals surface area (Å²) in [6.45, 7) is 6.18. The van der Waals surface area contributed by atoms with Gasteiger partial charge in [-0.15, -0.1) is 0 Å². The number of ether oxygens (including phenoxy) is 1. The number of carboxylic acid groups (broad SMARTS) is 1. The maximum Gasteiger partial charge on any atom is 0.303 e. The van der Waals surface area contributed by atoms with Crippen LogP contribution in [0.3, 0.4) is 0 Å². The van der Waals surface area contributed by atoms with Crippen molar-refractivity contribution in [3.05, 3.63) is 63.9 Å². The topological polar surface area (TPSA) is 82.7 Å². The van der Waals surface area contributed by atoms with E-state index in [0.717, 1.165) is 50.3 Å². The van der Waals surface area contributed by atoms with Crippen molar-refractivity contribution in [3.8, 4) is 17.6 Å². The molecular formula is C25H26O5S. The third kappa shape index (κ3) is 5.84. The van der Waals surface area contributed by atoms with Gasteiger partial charge in [0.15, 0.2) is 5.75 Å². The number of benzene rings is 2. The number of carbonyl (C=O) groups is 1. The van der Waals surface area contributed by atoms with Gasteiger partial charge in [-0.3, -0.25) is 4.79 Å². The van der Waals surface area contributed by atoms with Gasteiger partial charge >= 0.3 is 5.97 Å². The van der Waals surface area contributed by atoms with Crippen LogP contribution in [0.4, 0.5) is 0 Å². The molecule has 6 heteroatoms. The van der Waals surface area contributed by atoms with E-state index in [-0.39, 0.29) is 6.42 Å². The summed E-state index contributed by atoms with van der Waals surface area (Å²) in [7, 11) is 0. The van der Waals surface area contributed by atoms with Crippen LogP contribution in [0.5, 0.6) is 5.75 Å². The van der Waals surface area contributed by atoms with Gasteiger partial charge < -0.3 is 18.8 Å². The second-order valence-corrected chi connectivity index (χ2v) is 9.02. The third-order valence-electron chi connectivity index (χ3n) is 5.17. The monoisotopic (exact) mass is 438 g/mol. The van der Waals surface area contributed by atoms with Gasteiger partial charge in [0.1, 0.15) is 23.7 Å². The molecule has 1 atom stereocenters. The van der Waals surface area contributed by atoms with Crippen LogP contribution in [0.25, 0.3) is 11.0 Å². The number of aliphatic carboxylic acids is 1. The number of hydrogen-bond acceptors (Lipinski definition) is 4. The zero-order valence-corrected chi connectivity index (χ0v) is 19.0. The Kier molecular flexibility index (Phi) is 7.32. The van der Waals surface area contributed by atoms with E-state index >= 15 is 0 Å². The molecule has 0 radical (unpaired) electrons. The summed E-state index contributed by atoms with van der Waals surface area (Å²) in [5.74, 6) is 7.13. The molecule has 5 nitrogen and oxygen atoms in total. The molecule has 0 bridgehead atoms. The van der Waals surface area contributed by atoms with Crippen LogP contribution in [0.2, 0.25) is 0 Å². The molecule has 0 saturated heterocycles. The number of carboxylic acids is 1. The number of hydrogen-bond donors (Lipinski definition) is 1. The predicted molar refractivity (Wildman–Crippen MR) is 123 cm³/mol. The lowest BCUT2D eigenvalue weighted by atomic mass is 9.99. The van der Waals surface area contributed by atoms with Gasteiger partial charge in [0.2, 0.25) is 0 Å². The van der Waals surface area contributed by atoms with Gasteiger partial charge in [0, 0.05) is 22.9 Å². The molecule has 31 heavy (non-hydrogen) atoms. The summed E-state index contributed by atoms with van der Waals surface area (Å²) in [5, 5.41) is 9.89. The van der Waals surface area contributed by atoms with Gasteiger partial charge in [0.25, 0.3) is 0 Å². The molecule has 0 saturated carbocycles. The fraction of sp³-hybridized carbons (Fsp3) is 0.320. The Hall–Kier alpha value is -2.88. The van der Waals surface area contributed by atoms with Gasteiger partial charge in [-0.05, 0) is 85.2 Å². The summed E-state index contributed by atoms with van der Waals surface area (Å²) < 4.78 is 23.3. The molecule has 162 valence electrons. The van der Waals surface area contributed by atoms with Gasteiger partial charge in [-0.2, -0.15) is 0 Å². The zero-order valence-electron chi connectivity index (χ0n) is 18.2. The lowest BCUT2D eigenvalue weighted by molar-refractivity contribution is -0.136. The molecule has 0 aliphatic carbocycles. The average Bonchev–Trinajstić information content (AvgIpc) is 3.08. The van der Waals surface area contributed by atoms with Crippen molar-refractivity contribution in [1.29, 1.82) is 0 Å². The van der Waals surface area contributed by atoms with Crippen molar-refractivity contribution in [2.45, 2.75) is 40.2 Å². The first-order chi connectivity index (χ1) is 14.7. The highest BCUT2D eigenvalue weighted by molar-refractivity contribution is 7.90. The third-order valence-corrected chi connectivity index (χ3v) is 5.72. The Bertz CT molecular complexity index is 1160. The van der Waals surface area contributed by atoms with Crippen molar-refractivity contribution in [2.24, 2.45) is 0 Å². The Morgan fingerprint density at radius 2 is 1.94 bits per heavy atom. The number of rotatable bonds is 7. The van der Waals surface area contributed by atoms with Crippen molar-refractivity contribution in [2.75, 3.05) is 12.0 Å². The van der Waals surface area contributed by atoms with E-state index in [1.807, 2.05) is 51.1 Å². The Morgan fingerprint density at radius 1 is 1.16 bits per heavy atom. The van der Waals surface area contributed by atoms with Gasteiger partial charge in [-0.1, -0.05) is 12.0 Å². The molecule has 0 aliphatic heterocycles. The molecule has 0 aliphatic rings. The Labute approximate surface area is 185 Å². The Balaban J connectivity index is 1.85. The van der Waals surface area contributed by atoms with Crippen molar-refractivity contribution < 1.29 is 23.6 Å². The van der Waals surface area contributed by atoms with E-state index in [0.29, 0.717) is 18.8 Å². The molecule has 1 unspecified atom stereocenters. The first-order valence-electron chi connectivity index (χ1n) is 10.00. The molecule has 1 heterocycles. The number of furan rings is 1. The molecule has 3 rings (SSSR count). The van der Waals surface area contributed by atoms with Crippen LogP contribution in [-0.2, 0) is 29.0 Å². The summed E-state index contributed by atoms with van der Waals surface area (Å²) in [5.41, 5.74) is 5.55. The minimum Gasteiger partial charge on any atom is -0.616 e. The quantitative estimate of drug-likeness (QED) is 0.428. The second-order valence-electron chi connectivity index (χ2n) is 7.59. The molecule has 0 amide bonds. The van der Waals surface area contributed by atoms with Gasteiger partial charge in [-0.25, -0.2) is 0 Å². The lowest BCUT2D eigenvalue weighted by Gasteiger charge is -2.14. The minimum atomic E-state index is -0.957. The highest BCUT2D eigenvalue weighted by Gasteiger charge is 2.12. The zero-order chi connectivity index (χ0) is 22.5. The van der Waals surface area contributed by atoms with Crippen LogP contribution < -0.4 is 4.74 Å². The molecular weight excluding hydrogens is 412 g/mol. The van der Waals surface area contributed by atoms with E-state index in [4.69, 9.17) is 14.3 Å². The van der Waals surface area contributed by atoms with E-state index in [1.54, 1.807) is 6.26 Å². The summed E-state index contributed by atoms with van der Waals surface area (Å²) >= 11 is -0.957. The maximum absolute atomic E-state index is 11.3. The molecule has 3 aromatic rings. The molecule has 1 N–H and O–H groups in total. The van der Waals surface area contributed by atoms with Crippen LogP contribution in [0.15, 0.2) is 34.7 Å². The largest absolute Gasteiger partial charge is 0.616 e. The van der Waals surface area contributed by atoms with E-state index in [2.05, 4.69) is 11.8 Å². The van der Waals surface area contributed by atoms with Crippen LogP contribution in [-0.4, -0.2) is 27.6 Å². The highest BCUT2D eigenvalue weighted by atomic mass is 32.2. The summed E-state index contributed by atoms with van der Waals surface area (Å²) in [6, 6.07) is 9.70. The van der Waals surface area contributed by atoms with E-state index in [1.165, 1.54) is 0 Å². The van der Waals surface area contributed by atoms with Crippen molar-refractivity contribution in [3.63, 3.8) is 0 Å². The van der Waals surface area contributed by atoms with Gasteiger partial charge in [0.05, 0.1) is 6.26 Å². The fourth-order valence-corrected chi connectivity index (χ4v) is 3.73. The van der Waals surface area contributed by atoms with Crippen LogP contribution >= 0.6 is 0 Å². The SMILES string of the molecule is Cc1cc2cc(C#CC[S+](C)[O-])cc(COc3ccc(CCC(=O)O)c(C)c3C)c2o1. The van der Waals surface area contributed by atoms with E-state index < -0.39 is 17.1 Å². The fourth-order valence-electron chi connectivity index (χ4n) is 3.45. The lowest BCUT2D eigenvalue weighted by Crippen LogP contribution is -2.03. The first kappa shape index (κ1) is 22.8. The standard InChI is InChI=1S/C25H26O5S/c1-16-12-21-13-19(6-5-11-31(4)28)14-22(25(21)30-16)15-29-23-9-7-20(8-10-24(26)27)17(2)18(23)3/h7,9,12-14H,8,10-11,15H2,1-4H3,(H,26,27). The number of aryl methyl sites for hydroxylation is 2. The van der Waals surface area contributed by atoms with Crippen LogP contribution in [0.1, 0.15) is 40.0 Å². The first-order valence-corrected chi connectivity index (χ1v) is 11.7. The summed E-state index contributed by atoms with van der Waals surface area (Å²) in [4.78, 5) is 10.9. The Morgan fingerprint density at radius 3 is 2.65 bits per heavy atom. The second kappa shape index (κ2) is 9.95. The highest BCUT2D eigenvalue weighted by Crippen LogP contribution is 2.29. The van der Waals surface area contributed by atoms with Crippen LogP contribution in [0, 0.1) is 32.6 Å². The molecule has 0 fully saturated rings. The maximum atomic E-state index is 11.3. The van der Waals surface area contributed by atoms with Crippen molar-refractivity contribution in [1.82, 2.24) is 0 Å². The minimum absolute atomic E-state index is 0.107.